The van der Waals surface area contributed by atoms with Crippen LogP contribution in [0.4, 0.5) is 0 Å². The summed E-state index contributed by atoms with van der Waals surface area (Å²) < 4.78 is 0. The van der Waals surface area contributed by atoms with Crippen LogP contribution >= 0.6 is 0 Å². The molecule has 1 rings (SSSR count). The summed E-state index contributed by atoms with van der Waals surface area (Å²) in [6.45, 7) is 6.89. The Morgan fingerprint density at radius 2 is 2.25 bits per heavy atom. The highest BCUT2D eigenvalue weighted by Gasteiger charge is 2.25. The second kappa shape index (κ2) is 3.73. The van der Waals surface area contributed by atoms with Crippen LogP contribution in [-0.2, 0) is 0 Å². The van der Waals surface area contributed by atoms with E-state index in [1.165, 1.54) is 0 Å². The maximum Gasteiger partial charge on any atom is 0.0607 e. The molecule has 0 amide bonds. The summed E-state index contributed by atoms with van der Waals surface area (Å²) in [5.74, 6) is 0. The largest absolute Gasteiger partial charge is 0.390 e. The molecule has 3 nitrogen and oxygen atoms in total. The Labute approximate surface area is 74.8 Å². The molecule has 1 aliphatic heterocycles. The van der Waals surface area contributed by atoms with E-state index in [9.17, 15) is 5.11 Å². The smallest absolute Gasteiger partial charge is 0.0607 e. The van der Waals surface area contributed by atoms with E-state index in [0.717, 1.165) is 26.1 Å². The first kappa shape index (κ1) is 9.96. The van der Waals surface area contributed by atoms with Crippen LogP contribution in [0.25, 0.3) is 0 Å². The molecule has 1 atom stereocenters. The third kappa shape index (κ3) is 3.09. The van der Waals surface area contributed by atoms with Crippen molar-refractivity contribution in [2.75, 3.05) is 26.7 Å². The van der Waals surface area contributed by atoms with Crippen molar-refractivity contribution in [3.05, 3.63) is 0 Å². The van der Waals surface area contributed by atoms with Crippen LogP contribution in [-0.4, -0.2) is 48.3 Å². The normalized spacial score (nSPS) is 27.5. The van der Waals surface area contributed by atoms with Crippen molar-refractivity contribution in [2.45, 2.75) is 31.9 Å². The molecule has 1 fully saturated rings. The zero-order chi connectivity index (χ0) is 9.19. The van der Waals surface area contributed by atoms with Crippen LogP contribution < -0.4 is 5.32 Å². The van der Waals surface area contributed by atoms with Gasteiger partial charge in [-0.2, -0.15) is 0 Å². The van der Waals surface area contributed by atoms with Crippen molar-refractivity contribution in [3.63, 3.8) is 0 Å². The monoisotopic (exact) mass is 172 g/mol. The summed E-state index contributed by atoms with van der Waals surface area (Å²) in [5.41, 5.74) is -0.544. The number of nitrogens with one attached hydrogen (secondary N) is 1. The number of piperazine rings is 1. The van der Waals surface area contributed by atoms with Gasteiger partial charge in [-0.25, -0.2) is 0 Å². The second-order valence-electron chi connectivity index (χ2n) is 4.36. The van der Waals surface area contributed by atoms with Gasteiger partial charge in [0.15, 0.2) is 0 Å². The zero-order valence-electron chi connectivity index (χ0n) is 8.30. The van der Waals surface area contributed by atoms with Crippen LogP contribution in [0.2, 0.25) is 0 Å². The summed E-state index contributed by atoms with van der Waals surface area (Å²) >= 11 is 0. The average molecular weight is 172 g/mol. The number of rotatable bonds is 2. The minimum Gasteiger partial charge on any atom is -0.390 e. The van der Waals surface area contributed by atoms with Crippen molar-refractivity contribution in [3.8, 4) is 0 Å². The van der Waals surface area contributed by atoms with Crippen LogP contribution in [0.1, 0.15) is 20.3 Å². The number of hydrogen-bond acceptors (Lipinski definition) is 3. The number of nitrogens with zero attached hydrogens (tertiary/aromatic N) is 1. The molecule has 3 heteroatoms. The molecule has 0 bridgehead atoms. The fourth-order valence-corrected chi connectivity index (χ4v) is 1.67. The molecule has 1 unspecified atom stereocenters. The summed E-state index contributed by atoms with van der Waals surface area (Å²) in [6, 6.07) is 0.485. The summed E-state index contributed by atoms with van der Waals surface area (Å²) in [4.78, 5) is 2.31. The third-order valence-electron chi connectivity index (χ3n) is 2.38. The van der Waals surface area contributed by atoms with Crippen LogP contribution in [0.15, 0.2) is 0 Å². The molecular formula is C9H20N2O. The lowest BCUT2D eigenvalue weighted by Crippen LogP contribution is -2.51. The molecule has 12 heavy (non-hydrogen) atoms. The zero-order valence-corrected chi connectivity index (χ0v) is 8.30. The van der Waals surface area contributed by atoms with Crippen LogP contribution in [0.5, 0.6) is 0 Å². The third-order valence-corrected chi connectivity index (χ3v) is 2.38. The SMILES string of the molecule is CN1CCNCC1CC(C)(C)O. The van der Waals surface area contributed by atoms with E-state index in [1.54, 1.807) is 0 Å². The molecule has 0 radical (unpaired) electrons. The molecule has 72 valence electrons. The molecule has 1 aliphatic rings. The molecule has 0 aromatic rings. The predicted octanol–water partition coefficient (Wildman–Crippen LogP) is 0.0510. The molecule has 0 aromatic heterocycles. The first-order chi connectivity index (χ1) is 5.49. The van der Waals surface area contributed by atoms with Crippen molar-refractivity contribution >= 4 is 0 Å². The number of aliphatic hydroxyl groups is 1. The lowest BCUT2D eigenvalue weighted by atomic mass is 9.97. The summed E-state index contributed by atoms with van der Waals surface area (Å²) in [6.07, 6.45) is 0.844. The Bertz CT molecular complexity index is 142. The van der Waals surface area contributed by atoms with Gasteiger partial charge in [-0.1, -0.05) is 0 Å². The van der Waals surface area contributed by atoms with E-state index in [2.05, 4.69) is 17.3 Å². The molecule has 1 saturated heterocycles. The Morgan fingerprint density at radius 3 is 2.75 bits per heavy atom. The molecule has 0 aliphatic carbocycles. The lowest BCUT2D eigenvalue weighted by molar-refractivity contribution is 0.0332. The van der Waals surface area contributed by atoms with Gasteiger partial charge in [0.05, 0.1) is 5.60 Å². The summed E-state index contributed by atoms with van der Waals surface area (Å²) in [5, 5.41) is 13.0. The molecule has 0 saturated carbocycles. The lowest BCUT2D eigenvalue weighted by Gasteiger charge is -2.36. The fraction of sp³-hybridized carbons (Fsp3) is 1.00. The minimum absolute atomic E-state index is 0.485. The highest BCUT2D eigenvalue weighted by Crippen LogP contribution is 2.15. The van der Waals surface area contributed by atoms with Gasteiger partial charge in [-0.15, -0.1) is 0 Å². The van der Waals surface area contributed by atoms with E-state index in [4.69, 9.17) is 0 Å². The van der Waals surface area contributed by atoms with Crippen molar-refractivity contribution < 1.29 is 5.11 Å². The molecule has 0 spiro atoms. The van der Waals surface area contributed by atoms with Gasteiger partial charge in [0.25, 0.3) is 0 Å². The minimum atomic E-state index is -0.544. The Hall–Kier alpha value is -0.120. The van der Waals surface area contributed by atoms with Crippen molar-refractivity contribution in [1.29, 1.82) is 0 Å². The van der Waals surface area contributed by atoms with Gasteiger partial charge in [-0.3, -0.25) is 0 Å². The van der Waals surface area contributed by atoms with Gasteiger partial charge in [0.2, 0.25) is 0 Å². The van der Waals surface area contributed by atoms with Gasteiger partial charge >= 0.3 is 0 Å². The van der Waals surface area contributed by atoms with E-state index in [1.807, 2.05) is 13.8 Å². The predicted molar refractivity (Wildman–Crippen MR) is 50.2 cm³/mol. The maximum absolute atomic E-state index is 9.63. The van der Waals surface area contributed by atoms with Gasteiger partial charge in [-0.05, 0) is 27.3 Å². The van der Waals surface area contributed by atoms with Crippen LogP contribution in [0.3, 0.4) is 0 Å². The molecular weight excluding hydrogens is 152 g/mol. The first-order valence-electron chi connectivity index (χ1n) is 4.62. The standard InChI is InChI=1S/C9H20N2O/c1-9(2,12)6-8-7-10-4-5-11(8)3/h8,10,12H,4-7H2,1-3H3. The van der Waals surface area contributed by atoms with Gasteiger partial charge < -0.3 is 15.3 Å². The van der Waals surface area contributed by atoms with Gasteiger partial charge in [0.1, 0.15) is 0 Å². The van der Waals surface area contributed by atoms with E-state index in [0.29, 0.717) is 6.04 Å². The van der Waals surface area contributed by atoms with E-state index >= 15 is 0 Å². The highest BCUT2D eigenvalue weighted by molar-refractivity contribution is 4.82. The van der Waals surface area contributed by atoms with E-state index in [-0.39, 0.29) is 0 Å². The Morgan fingerprint density at radius 1 is 1.58 bits per heavy atom. The second-order valence-corrected chi connectivity index (χ2v) is 4.36. The number of hydrogen-bond donors (Lipinski definition) is 2. The first-order valence-corrected chi connectivity index (χ1v) is 4.62. The van der Waals surface area contributed by atoms with Crippen LogP contribution in [0, 0.1) is 0 Å². The fourth-order valence-electron chi connectivity index (χ4n) is 1.67. The Balaban J connectivity index is 2.39. The van der Waals surface area contributed by atoms with Gasteiger partial charge in [0, 0.05) is 25.7 Å². The number of likely N-dealkylation sites (N-methyl/N-ethyl adjacent to an activating group) is 1. The summed E-state index contributed by atoms with van der Waals surface area (Å²) in [7, 11) is 2.12. The molecule has 0 aromatic carbocycles. The molecule has 2 N–H and O–H groups in total. The van der Waals surface area contributed by atoms with E-state index < -0.39 is 5.60 Å². The Kier molecular flexibility index (Phi) is 3.09. The quantitative estimate of drug-likeness (QED) is 0.618. The molecule has 1 heterocycles. The maximum atomic E-state index is 9.63. The highest BCUT2D eigenvalue weighted by atomic mass is 16.3. The average Bonchev–Trinajstić information content (AvgIpc) is 1.91. The topological polar surface area (TPSA) is 35.5 Å². The van der Waals surface area contributed by atoms with Crippen molar-refractivity contribution in [1.82, 2.24) is 10.2 Å². The van der Waals surface area contributed by atoms with Crippen molar-refractivity contribution in [2.24, 2.45) is 0 Å².